The Morgan fingerprint density at radius 1 is 1.38 bits per heavy atom. The molecule has 0 radical (unpaired) electrons. The van der Waals surface area contributed by atoms with E-state index < -0.39 is 18.0 Å². The molecule has 1 N–H and O–H groups in total. The first-order valence-corrected chi connectivity index (χ1v) is 5.17. The van der Waals surface area contributed by atoms with E-state index in [1.165, 1.54) is 19.4 Å². The number of hydrogen-bond acceptors (Lipinski definition) is 3. The zero-order chi connectivity index (χ0) is 12.3. The lowest BCUT2D eigenvalue weighted by Crippen LogP contribution is -2.34. The van der Waals surface area contributed by atoms with E-state index in [0.29, 0.717) is 5.56 Å². The Morgan fingerprint density at radius 2 is 2.00 bits per heavy atom. The van der Waals surface area contributed by atoms with Crippen molar-refractivity contribution in [2.45, 2.75) is 33.0 Å². The van der Waals surface area contributed by atoms with Crippen molar-refractivity contribution in [2.75, 3.05) is 7.11 Å². The standard InChI is InChI=1S/C12H18FNO2/c1-12(2,3)11(16-4)10(15)8-5-9(13)7-14-6-8/h5-7,10-11,15H,1-4H3. The van der Waals surface area contributed by atoms with E-state index in [2.05, 4.69) is 4.98 Å². The van der Waals surface area contributed by atoms with Crippen LogP contribution in [-0.2, 0) is 4.74 Å². The number of hydrogen-bond donors (Lipinski definition) is 1. The van der Waals surface area contributed by atoms with E-state index in [1.807, 2.05) is 20.8 Å². The number of ether oxygens (including phenoxy) is 1. The first-order valence-electron chi connectivity index (χ1n) is 5.17. The van der Waals surface area contributed by atoms with Gasteiger partial charge in [-0.05, 0) is 11.5 Å². The van der Waals surface area contributed by atoms with Crippen molar-refractivity contribution in [3.05, 3.63) is 29.8 Å². The van der Waals surface area contributed by atoms with E-state index in [0.717, 1.165) is 6.20 Å². The van der Waals surface area contributed by atoms with Gasteiger partial charge in [0.15, 0.2) is 0 Å². The zero-order valence-electron chi connectivity index (χ0n) is 10.1. The summed E-state index contributed by atoms with van der Waals surface area (Å²) in [6.45, 7) is 5.87. The molecule has 0 amide bonds. The number of pyridine rings is 1. The lowest BCUT2D eigenvalue weighted by molar-refractivity contribution is -0.0726. The zero-order valence-corrected chi connectivity index (χ0v) is 10.1. The molecule has 1 aromatic heterocycles. The van der Waals surface area contributed by atoms with Crippen LogP contribution in [0.2, 0.25) is 0 Å². The molecule has 16 heavy (non-hydrogen) atoms. The number of aliphatic hydroxyl groups excluding tert-OH is 1. The highest BCUT2D eigenvalue weighted by Gasteiger charge is 2.32. The van der Waals surface area contributed by atoms with Crippen LogP contribution < -0.4 is 0 Å². The molecule has 90 valence electrons. The number of methoxy groups -OCH3 is 1. The molecule has 1 aromatic rings. The number of aromatic nitrogens is 1. The summed E-state index contributed by atoms with van der Waals surface area (Å²) < 4.78 is 18.2. The molecule has 0 aliphatic heterocycles. The number of nitrogens with zero attached hydrogens (tertiary/aromatic N) is 1. The van der Waals surface area contributed by atoms with Gasteiger partial charge in [0.25, 0.3) is 0 Å². The van der Waals surface area contributed by atoms with Gasteiger partial charge in [0.05, 0.1) is 12.3 Å². The summed E-state index contributed by atoms with van der Waals surface area (Å²) in [6.07, 6.45) is 1.27. The molecule has 0 fully saturated rings. The molecule has 0 aliphatic rings. The van der Waals surface area contributed by atoms with E-state index in [4.69, 9.17) is 4.74 Å². The van der Waals surface area contributed by atoms with E-state index in [-0.39, 0.29) is 5.41 Å². The van der Waals surface area contributed by atoms with Crippen molar-refractivity contribution in [2.24, 2.45) is 5.41 Å². The largest absolute Gasteiger partial charge is 0.386 e. The van der Waals surface area contributed by atoms with Crippen LogP contribution >= 0.6 is 0 Å². The molecule has 4 heteroatoms. The summed E-state index contributed by atoms with van der Waals surface area (Å²) in [4.78, 5) is 3.71. The summed E-state index contributed by atoms with van der Waals surface area (Å²) in [5.41, 5.74) is 0.197. The molecule has 0 aromatic carbocycles. The van der Waals surface area contributed by atoms with Crippen LogP contribution in [0.5, 0.6) is 0 Å². The maximum Gasteiger partial charge on any atom is 0.141 e. The van der Waals surface area contributed by atoms with Gasteiger partial charge in [0.1, 0.15) is 11.9 Å². The van der Waals surface area contributed by atoms with Crippen molar-refractivity contribution in [1.82, 2.24) is 4.98 Å². The van der Waals surface area contributed by atoms with Crippen LogP contribution in [-0.4, -0.2) is 23.3 Å². The normalized spacial score (nSPS) is 15.9. The molecule has 2 atom stereocenters. The van der Waals surface area contributed by atoms with Gasteiger partial charge in [-0.15, -0.1) is 0 Å². The maximum atomic E-state index is 13.0. The molecule has 1 heterocycles. The molecule has 0 bridgehead atoms. The fourth-order valence-corrected chi connectivity index (χ4v) is 1.72. The molecular weight excluding hydrogens is 209 g/mol. The smallest absolute Gasteiger partial charge is 0.141 e. The second kappa shape index (κ2) is 4.89. The molecule has 0 aliphatic carbocycles. The Bertz CT molecular complexity index is 349. The second-order valence-electron chi connectivity index (χ2n) is 4.90. The highest BCUT2D eigenvalue weighted by Crippen LogP contribution is 2.32. The molecule has 0 saturated heterocycles. The fraction of sp³-hybridized carbons (Fsp3) is 0.583. The van der Waals surface area contributed by atoms with Gasteiger partial charge in [-0.2, -0.15) is 0 Å². The summed E-state index contributed by atoms with van der Waals surface area (Å²) in [7, 11) is 1.53. The van der Waals surface area contributed by atoms with Crippen LogP contribution in [0.4, 0.5) is 4.39 Å². The molecule has 0 spiro atoms. The summed E-state index contributed by atoms with van der Waals surface area (Å²) >= 11 is 0. The minimum absolute atomic E-state index is 0.236. The number of halogens is 1. The third kappa shape index (κ3) is 3.00. The quantitative estimate of drug-likeness (QED) is 0.861. The summed E-state index contributed by atoms with van der Waals surface area (Å²) in [5.74, 6) is -0.458. The maximum absolute atomic E-state index is 13.0. The Labute approximate surface area is 95.3 Å². The molecular formula is C12H18FNO2. The third-order valence-electron chi connectivity index (χ3n) is 2.46. The van der Waals surface area contributed by atoms with Gasteiger partial charge in [-0.25, -0.2) is 4.39 Å². The van der Waals surface area contributed by atoms with E-state index in [9.17, 15) is 9.50 Å². The van der Waals surface area contributed by atoms with Crippen LogP contribution in [0.1, 0.15) is 32.4 Å². The monoisotopic (exact) mass is 227 g/mol. The third-order valence-corrected chi connectivity index (χ3v) is 2.46. The Morgan fingerprint density at radius 3 is 2.44 bits per heavy atom. The second-order valence-corrected chi connectivity index (χ2v) is 4.90. The van der Waals surface area contributed by atoms with Crippen LogP contribution in [0.25, 0.3) is 0 Å². The van der Waals surface area contributed by atoms with Crippen LogP contribution in [0.15, 0.2) is 18.5 Å². The Balaban J connectivity index is 2.96. The first kappa shape index (κ1) is 13.1. The van der Waals surface area contributed by atoms with Crippen molar-refractivity contribution in [3.63, 3.8) is 0 Å². The minimum Gasteiger partial charge on any atom is -0.386 e. The van der Waals surface area contributed by atoms with E-state index in [1.54, 1.807) is 0 Å². The van der Waals surface area contributed by atoms with Gasteiger partial charge in [-0.1, -0.05) is 20.8 Å². The lowest BCUT2D eigenvalue weighted by Gasteiger charge is -2.33. The van der Waals surface area contributed by atoms with Gasteiger partial charge < -0.3 is 9.84 Å². The fourth-order valence-electron chi connectivity index (χ4n) is 1.72. The van der Waals surface area contributed by atoms with Crippen molar-refractivity contribution < 1.29 is 14.2 Å². The lowest BCUT2D eigenvalue weighted by atomic mass is 9.84. The predicted molar refractivity (Wildman–Crippen MR) is 59.4 cm³/mol. The van der Waals surface area contributed by atoms with Crippen molar-refractivity contribution >= 4 is 0 Å². The average Bonchev–Trinajstić information content (AvgIpc) is 2.16. The number of aliphatic hydroxyl groups is 1. The average molecular weight is 227 g/mol. The van der Waals surface area contributed by atoms with Crippen LogP contribution in [0, 0.1) is 11.2 Å². The van der Waals surface area contributed by atoms with Gasteiger partial charge in [-0.3, -0.25) is 4.98 Å². The summed E-state index contributed by atoms with van der Waals surface area (Å²) in [5, 5.41) is 10.1. The predicted octanol–water partition coefficient (Wildman–Crippen LogP) is 2.32. The molecule has 1 rings (SSSR count). The first-order chi connectivity index (χ1) is 7.36. The minimum atomic E-state index is -0.881. The topological polar surface area (TPSA) is 42.4 Å². The van der Waals surface area contributed by atoms with Gasteiger partial charge in [0.2, 0.25) is 0 Å². The SMILES string of the molecule is COC(C(O)c1cncc(F)c1)C(C)(C)C. The summed E-state index contributed by atoms with van der Waals surface area (Å²) in [6, 6.07) is 1.27. The van der Waals surface area contributed by atoms with Gasteiger partial charge in [0, 0.05) is 18.9 Å². The van der Waals surface area contributed by atoms with E-state index >= 15 is 0 Å². The molecule has 0 saturated carbocycles. The van der Waals surface area contributed by atoms with Gasteiger partial charge >= 0.3 is 0 Å². The Hall–Kier alpha value is -1.00. The number of rotatable bonds is 3. The molecule has 3 nitrogen and oxygen atoms in total. The van der Waals surface area contributed by atoms with Crippen molar-refractivity contribution in [1.29, 1.82) is 0 Å². The highest BCUT2D eigenvalue weighted by molar-refractivity contribution is 5.15. The Kier molecular flexibility index (Phi) is 3.99. The van der Waals surface area contributed by atoms with Crippen LogP contribution in [0.3, 0.4) is 0 Å². The molecule has 2 unspecified atom stereocenters. The highest BCUT2D eigenvalue weighted by atomic mass is 19.1. The van der Waals surface area contributed by atoms with Crippen molar-refractivity contribution in [3.8, 4) is 0 Å².